The predicted octanol–water partition coefficient (Wildman–Crippen LogP) is 1.87. The van der Waals surface area contributed by atoms with E-state index in [4.69, 9.17) is 4.74 Å². The minimum absolute atomic E-state index is 0. The SMILES string of the molecule is CC1CN(C(=O)c2ccn(C3CCCNC3)n2)CC(C)(C)O1.Cl. The molecule has 1 amide bonds. The van der Waals surface area contributed by atoms with E-state index in [1.54, 1.807) is 0 Å². The van der Waals surface area contributed by atoms with Gasteiger partial charge in [0.1, 0.15) is 5.69 Å². The molecule has 0 spiro atoms. The number of rotatable bonds is 2. The average Bonchev–Trinajstić information content (AvgIpc) is 2.95. The van der Waals surface area contributed by atoms with Crippen LogP contribution in [0, 0.1) is 0 Å². The van der Waals surface area contributed by atoms with Crippen molar-refractivity contribution >= 4 is 18.3 Å². The molecule has 2 aliphatic rings. The molecule has 2 aliphatic heterocycles. The van der Waals surface area contributed by atoms with Gasteiger partial charge in [0.2, 0.25) is 0 Å². The number of piperidine rings is 1. The van der Waals surface area contributed by atoms with Gasteiger partial charge in [-0.2, -0.15) is 5.10 Å². The van der Waals surface area contributed by atoms with Gasteiger partial charge in [-0.25, -0.2) is 0 Å². The molecule has 3 heterocycles. The zero-order valence-corrected chi connectivity index (χ0v) is 14.9. The molecule has 1 aromatic rings. The van der Waals surface area contributed by atoms with E-state index >= 15 is 0 Å². The van der Waals surface area contributed by atoms with Crippen LogP contribution < -0.4 is 5.32 Å². The van der Waals surface area contributed by atoms with Crippen LogP contribution in [-0.4, -0.2) is 58.5 Å². The topological polar surface area (TPSA) is 59.4 Å². The van der Waals surface area contributed by atoms with Crippen molar-refractivity contribution in [3.8, 4) is 0 Å². The highest BCUT2D eigenvalue weighted by Gasteiger charge is 2.34. The van der Waals surface area contributed by atoms with Crippen LogP contribution in [0.4, 0.5) is 0 Å². The van der Waals surface area contributed by atoms with Gasteiger partial charge in [0.15, 0.2) is 0 Å². The quantitative estimate of drug-likeness (QED) is 0.891. The van der Waals surface area contributed by atoms with Crippen molar-refractivity contribution < 1.29 is 9.53 Å². The average molecular weight is 343 g/mol. The number of nitrogens with one attached hydrogen (secondary N) is 1. The summed E-state index contributed by atoms with van der Waals surface area (Å²) < 4.78 is 7.80. The Balaban J connectivity index is 0.00000192. The van der Waals surface area contributed by atoms with Crippen molar-refractivity contribution in [3.05, 3.63) is 18.0 Å². The molecule has 0 saturated carbocycles. The molecule has 3 rings (SSSR count). The van der Waals surface area contributed by atoms with Gasteiger partial charge in [-0.3, -0.25) is 9.48 Å². The lowest BCUT2D eigenvalue weighted by atomic mass is 10.1. The third-order valence-electron chi connectivity index (χ3n) is 4.33. The Labute approximate surface area is 144 Å². The summed E-state index contributed by atoms with van der Waals surface area (Å²) in [5.41, 5.74) is 0.235. The van der Waals surface area contributed by atoms with Crippen LogP contribution in [0.1, 0.15) is 50.1 Å². The Bertz CT molecular complexity index is 540. The summed E-state index contributed by atoms with van der Waals surface area (Å²) in [5, 5.41) is 7.91. The van der Waals surface area contributed by atoms with Crippen LogP contribution in [0.25, 0.3) is 0 Å². The summed E-state index contributed by atoms with van der Waals surface area (Å²) in [6.45, 7) is 9.29. The zero-order chi connectivity index (χ0) is 15.7. The minimum atomic E-state index is -0.302. The highest BCUT2D eigenvalue weighted by molar-refractivity contribution is 5.92. The number of amides is 1. The first-order valence-electron chi connectivity index (χ1n) is 8.17. The van der Waals surface area contributed by atoms with Gasteiger partial charge >= 0.3 is 0 Å². The smallest absolute Gasteiger partial charge is 0.274 e. The van der Waals surface area contributed by atoms with Crippen LogP contribution in [0.5, 0.6) is 0 Å². The molecule has 2 saturated heterocycles. The summed E-state index contributed by atoms with van der Waals surface area (Å²) >= 11 is 0. The van der Waals surface area contributed by atoms with Crippen LogP contribution in [-0.2, 0) is 4.74 Å². The van der Waals surface area contributed by atoms with Crippen molar-refractivity contribution in [2.75, 3.05) is 26.2 Å². The standard InChI is InChI=1S/C16H26N4O2.ClH/c1-12-10-19(11-16(2,3)22-12)15(21)14-6-8-20(18-14)13-5-4-7-17-9-13;/h6,8,12-13,17H,4-5,7,9-11H2,1-3H3;1H. The number of hydrogen-bond donors (Lipinski definition) is 1. The van der Waals surface area contributed by atoms with Crippen LogP contribution in [0.3, 0.4) is 0 Å². The normalized spacial score (nSPS) is 27.3. The van der Waals surface area contributed by atoms with Crippen molar-refractivity contribution in [2.24, 2.45) is 0 Å². The number of carbonyl (C=O) groups is 1. The minimum Gasteiger partial charge on any atom is -0.369 e. The second-order valence-electron chi connectivity index (χ2n) is 7.06. The summed E-state index contributed by atoms with van der Waals surface area (Å²) in [7, 11) is 0. The Kier molecular flexibility index (Phi) is 5.70. The van der Waals surface area contributed by atoms with E-state index in [9.17, 15) is 4.79 Å². The van der Waals surface area contributed by atoms with Gasteiger partial charge in [-0.1, -0.05) is 0 Å². The molecule has 130 valence electrons. The van der Waals surface area contributed by atoms with E-state index in [-0.39, 0.29) is 30.0 Å². The van der Waals surface area contributed by atoms with Crippen LogP contribution in [0.15, 0.2) is 12.3 Å². The fraction of sp³-hybridized carbons (Fsp3) is 0.750. The van der Waals surface area contributed by atoms with E-state index in [1.807, 2.05) is 42.6 Å². The number of hydrogen-bond acceptors (Lipinski definition) is 4. The van der Waals surface area contributed by atoms with Crippen molar-refractivity contribution in [1.82, 2.24) is 20.0 Å². The fourth-order valence-electron chi connectivity index (χ4n) is 3.49. The number of nitrogens with zero attached hydrogens (tertiary/aromatic N) is 3. The number of ether oxygens (including phenoxy) is 1. The lowest BCUT2D eigenvalue weighted by Gasteiger charge is -2.41. The predicted molar refractivity (Wildman–Crippen MR) is 91.1 cm³/mol. The number of halogens is 1. The summed E-state index contributed by atoms with van der Waals surface area (Å²) in [6, 6.07) is 2.19. The third-order valence-corrected chi connectivity index (χ3v) is 4.33. The molecule has 0 aliphatic carbocycles. The first-order chi connectivity index (χ1) is 10.4. The Morgan fingerprint density at radius 2 is 2.26 bits per heavy atom. The lowest BCUT2D eigenvalue weighted by Crippen LogP contribution is -2.53. The summed E-state index contributed by atoms with van der Waals surface area (Å²) in [4.78, 5) is 14.6. The van der Waals surface area contributed by atoms with E-state index in [0.29, 0.717) is 24.8 Å². The molecular weight excluding hydrogens is 316 g/mol. The molecule has 7 heteroatoms. The molecular formula is C16H27ClN4O2. The van der Waals surface area contributed by atoms with Gasteiger partial charge in [0.05, 0.1) is 17.7 Å². The van der Waals surface area contributed by atoms with Crippen LogP contribution >= 0.6 is 12.4 Å². The van der Waals surface area contributed by atoms with Gasteiger partial charge in [-0.15, -0.1) is 12.4 Å². The highest BCUT2D eigenvalue weighted by atomic mass is 35.5. The third kappa shape index (κ3) is 4.25. The molecule has 0 radical (unpaired) electrons. The second kappa shape index (κ2) is 7.20. The summed E-state index contributed by atoms with van der Waals surface area (Å²) in [6.07, 6.45) is 4.25. The van der Waals surface area contributed by atoms with Crippen molar-refractivity contribution in [3.63, 3.8) is 0 Å². The lowest BCUT2D eigenvalue weighted by molar-refractivity contribution is -0.118. The van der Waals surface area contributed by atoms with Gasteiger partial charge < -0.3 is 15.0 Å². The molecule has 2 fully saturated rings. The molecule has 1 N–H and O–H groups in total. The Hall–Kier alpha value is -1.11. The Morgan fingerprint density at radius 3 is 2.91 bits per heavy atom. The van der Waals surface area contributed by atoms with Crippen molar-refractivity contribution in [2.45, 2.75) is 51.4 Å². The molecule has 2 atom stereocenters. The largest absolute Gasteiger partial charge is 0.369 e. The fourth-order valence-corrected chi connectivity index (χ4v) is 3.49. The second-order valence-corrected chi connectivity index (χ2v) is 7.06. The van der Waals surface area contributed by atoms with E-state index in [1.165, 1.54) is 0 Å². The first-order valence-corrected chi connectivity index (χ1v) is 8.17. The number of carbonyl (C=O) groups excluding carboxylic acids is 1. The maximum atomic E-state index is 12.7. The van der Waals surface area contributed by atoms with Gasteiger partial charge in [0.25, 0.3) is 5.91 Å². The maximum absolute atomic E-state index is 12.7. The monoisotopic (exact) mass is 342 g/mol. The Morgan fingerprint density at radius 1 is 1.48 bits per heavy atom. The highest BCUT2D eigenvalue weighted by Crippen LogP contribution is 2.22. The van der Waals surface area contributed by atoms with Gasteiger partial charge in [-0.05, 0) is 46.2 Å². The maximum Gasteiger partial charge on any atom is 0.274 e. The molecule has 0 aromatic carbocycles. The molecule has 1 aromatic heterocycles. The van der Waals surface area contributed by atoms with E-state index in [2.05, 4.69) is 10.4 Å². The number of morpholine rings is 1. The molecule has 0 bridgehead atoms. The number of aromatic nitrogens is 2. The first kappa shape index (κ1) is 18.2. The van der Waals surface area contributed by atoms with Crippen molar-refractivity contribution in [1.29, 1.82) is 0 Å². The van der Waals surface area contributed by atoms with Gasteiger partial charge in [0, 0.05) is 25.8 Å². The summed E-state index contributed by atoms with van der Waals surface area (Å²) in [5.74, 6) is 0.00532. The molecule has 6 nitrogen and oxygen atoms in total. The van der Waals surface area contributed by atoms with E-state index in [0.717, 1.165) is 25.9 Å². The zero-order valence-electron chi connectivity index (χ0n) is 14.1. The van der Waals surface area contributed by atoms with Crippen LogP contribution in [0.2, 0.25) is 0 Å². The molecule has 2 unspecified atom stereocenters. The molecule has 23 heavy (non-hydrogen) atoms. The van der Waals surface area contributed by atoms with E-state index < -0.39 is 0 Å².